The average Bonchev–Trinajstić information content (AvgIpc) is 2.87. The van der Waals surface area contributed by atoms with Gasteiger partial charge in [-0.25, -0.2) is 4.79 Å². The lowest BCUT2D eigenvalue weighted by molar-refractivity contribution is 0.0459. The van der Waals surface area contributed by atoms with E-state index in [1.807, 2.05) is 0 Å². The van der Waals surface area contributed by atoms with Crippen molar-refractivity contribution in [2.75, 3.05) is 7.11 Å². The van der Waals surface area contributed by atoms with Crippen molar-refractivity contribution in [3.05, 3.63) is 52.3 Å². The minimum Gasteiger partial charge on any atom is -0.496 e. The third kappa shape index (κ3) is 3.49. The standard InChI is InChI=1S/C16H16ClNO4/c1-10(19)11-7-14(18(2)8-11)16(20)22-9-12-6-13(17)4-5-15(12)21-3/h4-8H,9H2,1-3H3. The number of ether oxygens (including phenoxy) is 2. The number of esters is 1. The van der Waals surface area contributed by atoms with Gasteiger partial charge >= 0.3 is 5.97 Å². The molecule has 0 unspecified atom stereocenters. The first-order valence-corrected chi connectivity index (χ1v) is 6.97. The summed E-state index contributed by atoms with van der Waals surface area (Å²) < 4.78 is 12.0. The Kier molecular flexibility index (Phi) is 4.88. The van der Waals surface area contributed by atoms with Crippen LogP contribution in [0, 0.1) is 0 Å². The highest BCUT2D eigenvalue weighted by Gasteiger charge is 2.16. The highest BCUT2D eigenvalue weighted by atomic mass is 35.5. The molecular formula is C16H16ClNO4. The fourth-order valence-electron chi connectivity index (χ4n) is 2.04. The molecule has 0 spiro atoms. The second-order valence-electron chi connectivity index (χ2n) is 4.81. The molecule has 0 amide bonds. The molecule has 0 aliphatic carbocycles. The van der Waals surface area contributed by atoms with Crippen molar-refractivity contribution in [1.29, 1.82) is 0 Å². The Morgan fingerprint density at radius 2 is 2.00 bits per heavy atom. The summed E-state index contributed by atoms with van der Waals surface area (Å²) in [5.41, 5.74) is 1.45. The molecule has 1 aromatic heterocycles. The highest BCUT2D eigenvalue weighted by molar-refractivity contribution is 6.30. The molecule has 1 aromatic carbocycles. The molecule has 0 fully saturated rings. The Bertz CT molecular complexity index is 721. The van der Waals surface area contributed by atoms with Gasteiger partial charge in [-0.2, -0.15) is 0 Å². The zero-order chi connectivity index (χ0) is 16.3. The second-order valence-corrected chi connectivity index (χ2v) is 5.25. The lowest BCUT2D eigenvalue weighted by Crippen LogP contribution is -2.10. The Balaban J connectivity index is 2.13. The van der Waals surface area contributed by atoms with Crippen molar-refractivity contribution in [2.45, 2.75) is 13.5 Å². The highest BCUT2D eigenvalue weighted by Crippen LogP contribution is 2.23. The topological polar surface area (TPSA) is 57.5 Å². The lowest BCUT2D eigenvalue weighted by Gasteiger charge is -2.10. The van der Waals surface area contributed by atoms with Crippen LogP contribution in [-0.2, 0) is 18.4 Å². The maximum absolute atomic E-state index is 12.1. The maximum Gasteiger partial charge on any atom is 0.355 e. The van der Waals surface area contributed by atoms with E-state index in [0.717, 1.165) is 0 Å². The van der Waals surface area contributed by atoms with Gasteiger partial charge in [0.25, 0.3) is 0 Å². The molecular weight excluding hydrogens is 306 g/mol. The normalized spacial score (nSPS) is 10.4. The third-order valence-electron chi connectivity index (χ3n) is 3.22. The van der Waals surface area contributed by atoms with Gasteiger partial charge in [0.05, 0.1) is 7.11 Å². The van der Waals surface area contributed by atoms with Gasteiger partial charge in [0, 0.05) is 29.4 Å². The number of hydrogen-bond donors (Lipinski definition) is 0. The molecule has 22 heavy (non-hydrogen) atoms. The van der Waals surface area contributed by atoms with Crippen LogP contribution in [0.25, 0.3) is 0 Å². The number of nitrogens with zero attached hydrogens (tertiary/aromatic N) is 1. The number of aromatic nitrogens is 1. The number of rotatable bonds is 5. The summed E-state index contributed by atoms with van der Waals surface area (Å²) in [6, 6.07) is 6.60. The maximum atomic E-state index is 12.1. The van der Waals surface area contributed by atoms with Crippen LogP contribution in [0.5, 0.6) is 5.75 Å². The Morgan fingerprint density at radius 1 is 1.27 bits per heavy atom. The third-order valence-corrected chi connectivity index (χ3v) is 3.46. The van der Waals surface area contributed by atoms with Crippen LogP contribution >= 0.6 is 11.6 Å². The molecule has 2 aromatic rings. The summed E-state index contributed by atoms with van der Waals surface area (Å²) in [5.74, 6) is -0.0308. The predicted molar refractivity (Wildman–Crippen MR) is 82.5 cm³/mol. The summed E-state index contributed by atoms with van der Waals surface area (Å²) in [6.45, 7) is 1.48. The largest absolute Gasteiger partial charge is 0.496 e. The number of carbonyl (C=O) groups excluding carboxylic acids is 2. The van der Waals surface area contributed by atoms with Gasteiger partial charge in [0.15, 0.2) is 5.78 Å². The van der Waals surface area contributed by atoms with Crippen LogP contribution in [0.3, 0.4) is 0 Å². The van der Waals surface area contributed by atoms with Crippen molar-refractivity contribution in [3.8, 4) is 5.75 Å². The number of Topliss-reactive ketones (excluding diaryl/α,β-unsaturated/α-hetero) is 1. The summed E-state index contributed by atoms with van der Waals surface area (Å²) in [5, 5.41) is 0.532. The quantitative estimate of drug-likeness (QED) is 0.626. The average molecular weight is 322 g/mol. The number of halogens is 1. The Labute approximate surface area is 133 Å². The number of ketones is 1. The molecule has 0 atom stereocenters. The Morgan fingerprint density at radius 3 is 2.59 bits per heavy atom. The van der Waals surface area contributed by atoms with Gasteiger partial charge in [0.1, 0.15) is 18.1 Å². The van der Waals surface area contributed by atoms with Crippen molar-refractivity contribution in [1.82, 2.24) is 4.57 Å². The number of carbonyl (C=O) groups is 2. The van der Waals surface area contributed by atoms with Crippen LogP contribution in [0.1, 0.15) is 33.3 Å². The molecule has 6 heteroatoms. The van der Waals surface area contributed by atoms with Crippen LogP contribution < -0.4 is 4.74 Å². The van der Waals surface area contributed by atoms with Gasteiger partial charge in [-0.05, 0) is 31.2 Å². The van der Waals surface area contributed by atoms with Gasteiger partial charge in [-0.1, -0.05) is 11.6 Å². The first kappa shape index (κ1) is 16.1. The van der Waals surface area contributed by atoms with Gasteiger partial charge in [-0.3, -0.25) is 4.79 Å². The van der Waals surface area contributed by atoms with Gasteiger partial charge < -0.3 is 14.0 Å². The minimum absolute atomic E-state index is 0.0309. The molecule has 0 saturated carbocycles. The fraction of sp³-hybridized carbons (Fsp3) is 0.250. The summed E-state index contributed by atoms with van der Waals surface area (Å²) >= 11 is 5.93. The molecule has 2 rings (SSSR count). The predicted octanol–water partition coefficient (Wildman–Crippen LogP) is 3.25. The van der Waals surface area contributed by atoms with E-state index in [1.54, 1.807) is 36.0 Å². The SMILES string of the molecule is COc1ccc(Cl)cc1COC(=O)c1cc(C(C)=O)cn1C. The summed E-state index contributed by atoms with van der Waals surface area (Å²) in [4.78, 5) is 23.5. The van der Waals surface area contributed by atoms with Crippen molar-refractivity contribution < 1.29 is 19.1 Å². The first-order valence-electron chi connectivity index (χ1n) is 6.59. The molecule has 0 aliphatic rings. The zero-order valence-electron chi connectivity index (χ0n) is 12.6. The van der Waals surface area contributed by atoms with Crippen molar-refractivity contribution in [3.63, 3.8) is 0 Å². The molecule has 116 valence electrons. The molecule has 0 saturated heterocycles. The number of methoxy groups -OCH3 is 1. The molecule has 0 N–H and O–H groups in total. The van der Waals surface area contributed by atoms with E-state index in [1.165, 1.54) is 20.1 Å². The number of hydrogen-bond acceptors (Lipinski definition) is 4. The van der Waals surface area contributed by atoms with E-state index in [2.05, 4.69) is 0 Å². The molecule has 0 radical (unpaired) electrons. The van der Waals surface area contributed by atoms with Crippen LogP contribution in [-0.4, -0.2) is 23.4 Å². The summed E-state index contributed by atoms with van der Waals surface area (Å²) in [6.07, 6.45) is 1.60. The van der Waals surface area contributed by atoms with Crippen LogP contribution in [0.15, 0.2) is 30.5 Å². The fourth-order valence-corrected chi connectivity index (χ4v) is 2.23. The second kappa shape index (κ2) is 6.66. The van der Waals surface area contributed by atoms with Gasteiger partial charge in [0.2, 0.25) is 0 Å². The zero-order valence-corrected chi connectivity index (χ0v) is 13.3. The number of aryl methyl sites for hydroxylation is 1. The minimum atomic E-state index is -0.517. The van der Waals surface area contributed by atoms with Crippen LogP contribution in [0.2, 0.25) is 5.02 Å². The van der Waals surface area contributed by atoms with Crippen LogP contribution in [0.4, 0.5) is 0 Å². The van der Waals surface area contributed by atoms with Crippen molar-refractivity contribution in [2.24, 2.45) is 7.05 Å². The Hall–Kier alpha value is -2.27. The van der Waals surface area contributed by atoms with E-state index >= 15 is 0 Å². The molecule has 0 bridgehead atoms. The summed E-state index contributed by atoms with van der Waals surface area (Å²) in [7, 11) is 3.22. The van der Waals surface area contributed by atoms with E-state index in [0.29, 0.717) is 27.6 Å². The monoisotopic (exact) mass is 321 g/mol. The molecule has 1 heterocycles. The first-order chi connectivity index (χ1) is 10.4. The smallest absolute Gasteiger partial charge is 0.355 e. The molecule has 0 aliphatic heterocycles. The van der Waals surface area contributed by atoms with E-state index < -0.39 is 5.97 Å². The van der Waals surface area contributed by atoms with Gasteiger partial charge in [-0.15, -0.1) is 0 Å². The van der Waals surface area contributed by atoms with E-state index in [9.17, 15) is 9.59 Å². The van der Waals surface area contributed by atoms with E-state index in [4.69, 9.17) is 21.1 Å². The lowest BCUT2D eigenvalue weighted by atomic mass is 10.2. The number of benzene rings is 1. The molecule has 5 nitrogen and oxygen atoms in total. The van der Waals surface area contributed by atoms with E-state index in [-0.39, 0.29) is 12.4 Å². The van der Waals surface area contributed by atoms with Crippen molar-refractivity contribution >= 4 is 23.4 Å².